The second-order valence-corrected chi connectivity index (χ2v) is 4.33. The van der Waals surface area contributed by atoms with Gasteiger partial charge < -0.3 is 10.6 Å². The van der Waals surface area contributed by atoms with Gasteiger partial charge in [-0.2, -0.15) is 0 Å². The monoisotopic (exact) mass is 184 g/mol. The molecule has 13 heavy (non-hydrogen) atoms. The molecule has 0 aromatic carbocycles. The largest absolute Gasteiger partial charge is 0.342 e. The first kappa shape index (κ1) is 10.5. The van der Waals surface area contributed by atoms with E-state index < -0.39 is 0 Å². The van der Waals surface area contributed by atoms with Crippen molar-refractivity contribution >= 4 is 5.91 Å². The van der Waals surface area contributed by atoms with Crippen LogP contribution in [0.4, 0.5) is 0 Å². The second-order valence-electron chi connectivity index (χ2n) is 4.33. The maximum atomic E-state index is 11.6. The van der Waals surface area contributed by atoms with Gasteiger partial charge in [0.2, 0.25) is 5.91 Å². The minimum atomic E-state index is 0.287. The summed E-state index contributed by atoms with van der Waals surface area (Å²) in [7, 11) is 0. The molecule has 0 aliphatic carbocycles. The third-order valence-corrected chi connectivity index (χ3v) is 2.54. The molecule has 0 radical (unpaired) electrons. The molecule has 3 heteroatoms. The zero-order chi connectivity index (χ0) is 9.84. The van der Waals surface area contributed by atoms with Crippen molar-refractivity contribution < 1.29 is 4.79 Å². The minimum Gasteiger partial charge on any atom is -0.342 e. The molecule has 3 nitrogen and oxygen atoms in total. The number of carbonyl (C=O) groups excluding carboxylic acids is 1. The highest BCUT2D eigenvalue weighted by Gasteiger charge is 2.24. The average Bonchev–Trinajstić information content (AvgIpc) is 2.08. The number of likely N-dealkylation sites (tertiary alicyclic amines) is 1. The second kappa shape index (κ2) is 4.61. The summed E-state index contributed by atoms with van der Waals surface area (Å²) in [6.45, 7) is 6.74. The number of hydrogen-bond acceptors (Lipinski definition) is 2. The molecular formula is C10H20N2O. The highest BCUT2D eigenvalue weighted by Crippen LogP contribution is 2.17. The molecule has 1 amide bonds. The topological polar surface area (TPSA) is 46.3 Å². The van der Waals surface area contributed by atoms with E-state index in [0.717, 1.165) is 19.5 Å². The van der Waals surface area contributed by atoms with Crippen LogP contribution in [0, 0.1) is 11.8 Å². The van der Waals surface area contributed by atoms with Crippen LogP contribution in [0.25, 0.3) is 0 Å². The molecule has 1 atom stereocenters. The van der Waals surface area contributed by atoms with Crippen LogP contribution in [-0.4, -0.2) is 30.4 Å². The van der Waals surface area contributed by atoms with Crippen molar-refractivity contribution in [3.05, 3.63) is 0 Å². The SMILES string of the molecule is CC(C)CN1CCC(CN)CC1=O. The third kappa shape index (κ3) is 2.99. The molecule has 0 spiro atoms. The summed E-state index contributed by atoms with van der Waals surface area (Å²) in [5.41, 5.74) is 5.54. The smallest absolute Gasteiger partial charge is 0.222 e. The Morgan fingerprint density at radius 1 is 1.62 bits per heavy atom. The molecule has 1 saturated heterocycles. The summed E-state index contributed by atoms with van der Waals surface area (Å²) in [6.07, 6.45) is 1.73. The van der Waals surface area contributed by atoms with E-state index in [-0.39, 0.29) is 5.91 Å². The van der Waals surface area contributed by atoms with E-state index in [0.29, 0.717) is 24.8 Å². The van der Waals surface area contributed by atoms with Crippen molar-refractivity contribution in [3.63, 3.8) is 0 Å². The van der Waals surface area contributed by atoms with Crippen LogP contribution in [0.5, 0.6) is 0 Å². The van der Waals surface area contributed by atoms with E-state index in [1.807, 2.05) is 4.90 Å². The number of rotatable bonds is 3. The van der Waals surface area contributed by atoms with Gasteiger partial charge in [-0.15, -0.1) is 0 Å². The first-order chi connectivity index (χ1) is 6.13. The van der Waals surface area contributed by atoms with Crippen LogP contribution in [0.3, 0.4) is 0 Å². The molecule has 0 aromatic heterocycles. The molecule has 1 unspecified atom stereocenters. The fourth-order valence-electron chi connectivity index (χ4n) is 1.78. The van der Waals surface area contributed by atoms with Crippen molar-refractivity contribution in [2.45, 2.75) is 26.7 Å². The predicted octanol–water partition coefficient (Wildman–Crippen LogP) is 0.840. The zero-order valence-corrected chi connectivity index (χ0v) is 8.62. The molecule has 2 N–H and O–H groups in total. The molecule has 1 heterocycles. The van der Waals surface area contributed by atoms with E-state index in [9.17, 15) is 4.79 Å². The van der Waals surface area contributed by atoms with Gasteiger partial charge in [0.1, 0.15) is 0 Å². The Labute approximate surface area is 80.3 Å². The van der Waals surface area contributed by atoms with Crippen molar-refractivity contribution in [2.24, 2.45) is 17.6 Å². The summed E-state index contributed by atoms with van der Waals surface area (Å²) in [5, 5.41) is 0. The van der Waals surface area contributed by atoms with Gasteiger partial charge in [-0.3, -0.25) is 4.79 Å². The van der Waals surface area contributed by atoms with Gasteiger partial charge in [-0.25, -0.2) is 0 Å². The zero-order valence-electron chi connectivity index (χ0n) is 8.62. The summed E-state index contributed by atoms with van der Waals surface area (Å²) in [4.78, 5) is 13.5. The maximum Gasteiger partial charge on any atom is 0.222 e. The summed E-state index contributed by atoms with van der Waals surface area (Å²) < 4.78 is 0. The number of piperidine rings is 1. The Balaban J connectivity index is 2.39. The van der Waals surface area contributed by atoms with Gasteiger partial charge in [0.25, 0.3) is 0 Å². The standard InChI is InChI=1S/C10H20N2O/c1-8(2)7-12-4-3-9(6-11)5-10(12)13/h8-9H,3-7,11H2,1-2H3. The van der Waals surface area contributed by atoms with E-state index in [1.165, 1.54) is 0 Å². The lowest BCUT2D eigenvalue weighted by Crippen LogP contribution is -2.42. The summed E-state index contributed by atoms with van der Waals surface area (Å²) in [6, 6.07) is 0. The first-order valence-electron chi connectivity index (χ1n) is 5.11. The fourth-order valence-corrected chi connectivity index (χ4v) is 1.78. The van der Waals surface area contributed by atoms with Gasteiger partial charge in [-0.1, -0.05) is 13.8 Å². The number of amides is 1. The lowest BCUT2D eigenvalue weighted by atomic mass is 9.96. The molecule has 76 valence electrons. The van der Waals surface area contributed by atoms with Crippen molar-refractivity contribution in [2.75, 3.05) is 19.6 Å². The maximum absolute atomic E-state index is 11.6. The van der Waals surface area contributed by atoms with E-state index in [4.69, 9.17) is 5.73 Å². The van der Waals surface area contributed by atoms with Gasteiger partial charge >= 0.3 is 0 Å². The van der Waals surface area contributed by atoms with E-state index >= 15 is 0 Å². The van der Waals surface area contributed by atoms with Crippen LogP contribution < -0.4 is 5.73 Å². The molecule has 0 aromatic rings. The quantitative estimate of drug-likeness (QED) is 0.706. The van der Waals surface area contributed by atoms with Gasteiger partial charge in [-0.05, 0) is 24.8 Å². The highest BCUT2D eigenvalue weighted by molar-refractivity contribution is 5.77. The number of carbonyl (C=O) groups is 1. The molecule has 1 aliphatic rings. The van der Waals surface area contributed by atoms with E-state index in [1.54, 1.807) is 0 Å². The number of nitrogens with zero attached hydrogens (tertiary/aromatic N) is 1. The Morgan fingerprint density at radius 2 is 2.31 bits per heavy atom. The Morgan fingerprint density at radius 3 is 2.77 bits per heavy atom. The molecule has 0 saturated carbocycles. The van der Waals surface area contributed by atoms with Crippen LogP contribution in [0.15, 0.2) is 0 Å². The average molecular weight is 184 g/mol. The summed E-state index contributed by atoms with van der Waals surface area (Å²) in [5.74, 6) is 1.28. The Bertz CT molecular complexity index is 180. The Hall–Kier alpha value is -0.570. The van der Waals surface area contributed by atoms with Crippen LogP contribution in [0.1, 0.15) is 26.7 Å². The highest BCUT2D eigenvalue weighted by atomic mass is 16.2. The summed E-state index contributed by atoms with van der Waals surface area (Å²) >= 11 is 0. The fraction of sp³-hybridized carbons (Fsp3) is 0.900. The molecule has 1 rings (SSSR count). The van der Waals surface area contributed by atoms with Crippen molar-refractivity contribution in [3.8, 4) is 0 Å². The molecule has 0 bridgehead atoms. The normalized spacial score (nSPS) is 24.2. The molecule has 1 fully saturated rings. The minimum absolute atomic E-state index is 0.287. The van der Waals surface area contributed by atoms with Crippen molar-refractivity contribution in [1.29, 1.82) is 0 Å². The van der Waals surface area contributed by atoms with Gasteiger partial charge in [0, 0.05) is 19.5 Å². The first-order valence-corrected chi connectivity index (χ1v) is 5.11. The number of hydrogen-bond donors (Lipinski definition) is 1. The van der Waals surface area contributed by atoms with Crippen LogP contribution in [0.2, 0.25) is 0 Å². The van der Waals surface area contributed by atoms with Crippen LogP contribution in [-0.2, 0) is 4.79 Å². The van der Waals surface area contributed by atoms with Gasteiger partial charge in [0.05, 0.1) is 0 Å². The molecule has 1 aliphatic heterocycles. The lowest BCUT2D eigenvalue weighted by Gasteiger charge is -2.32. The van der Waals surface area contributed by atoms with E-state index in [2.05, 4.69) is 13.8 Å². The number of nitrogens with two attached hydrogens (primary N) is 1. The molecular weight excluding hydrogens is 164 g/mol. The van der Waals surface area contributed by atoms with Gasteiger partial charge in [0.15, 0.2) is 0 Å². The predicted molar refractivity (Wildman–Crippen MR) is 53.2 cm³/mol. The van der Waals surface area contributed by atoms with Crippen LogP contribution >= 0.6 is 0 Å². The Kier molecular flexibility index (Phi) is 3.72. The lowest BCUT2D eigenvalue weighted by molar-refractivity contribution is -0.135. The van der Waals surface area contributed by atoms with Crippen molar-refractivity contribution in [1.82, 2.24) is 4.90 Å². The third-order valence-electron chi connectivity index (χ3n) is 2.54.